The molecule has 12 heteroatoms. The van der Waals surface area contributed by atoms with E-state index in [-0.39, 0.29) is 32.0 Å². The smallest absolute Gasteiger partial charge is 0.426 e. The number of piperazine rings is 1. The molecule has 186 valence electrons. The molecule has 0 radical (unpaired) electrons. The van der Waals surface area contributed by atoms with Crippen LogP contribution in [-0.2, 0) is 11.3 Å². The van der Waals surface area contributed by atoms with Gasteiger partial charge < -0.3 is 14.5 Å². The highest BCUT2D eigenvalue weighted by Crippen LogP contribution is 2.36. The van der Waals surface area contributed by atoms with E-state index in [9.17, 15) is 35.5 Å². The number of halogens is 7. The highest BCUT2D eigenvalue weighted by atomic mass is 19.4. The minimum absolute atomic E-state index is 0.103. The summed E-state index contributed by atoms with van der Waals surface area (Å²) in [5, 5.41) is 0. The SMILES string of the molecule is Cc1ccc(CN2CCN(C(=O)OC(C(F)(F)F)C(F)(F)F)CC2)c(N2CCCCC2)c1F. The van der Waals surface area contributed by atoms with Crippen LogP contribution in [-0.4, -0.2) is 73.6 Å². The van der Waals surface area contributed by atoms with Crippen LogP contribution in [0.1, 0.15) is 30.4 Å². The molecular weight excluding hydrogens is 459 g/mol. The minimum Gasteiger partial charge on any atom is -0.426 e. The molecule has 0 aromatic heterocycles. The van der Waals surface area contributed by atoms with Crippen LogP contribution in [0.25, 0.3) is 0 Å². The lowest BCUT2D eigenvalue weighted by Gasteiger charge is -2.36. The van der Waals surface area contributed by atoms with E-state index in [0.29, 0.717) is 17.8 Å². The minimum atomic E-state index is -5.75. The maximum atomic E-state index is 15.0. The van der Waals surface area contributed by atoms with E-state index in [4.69, 9.17) is 0 Å². The van der Waals surface area contributed by atoms with Gasteiger partial charge in [0.05, 0.1) is 5.69 Å². The van der Waals surface area contributed by atoms with Crippen LogP contribution >= 0.6 is 0 Å². The van der Waals surface area contributed by atoms with E-state index in [0.717, 1.165) is 42.8 Å². The number of amides is 1. The summed E-state index contributed by atoms with van der Waals surface area (Å²) in [6, 6.07) is 3.51. The van der Waals surface area contributed by atoms with Gasteiger partial charge in [0.25, 0.3) is 6.10 Å². The number of carbonyl (C=O) groups excluding carboxylic acids is 1. The van der Waals surface area contributed by atoms with Crippen LogP contribution in [0.2, 0.25) is 0 Å². The molecule has 1 aromatic carbocycles. The highest BCUT2D eigenvalue weighted by molar-refractivity contribution is 5.68. The van der Waals surface area contributed by atoms with E-state index in [1.165, 1.54) is 0 Å². The van der Waals surface area contributed by atoms with Gasteiger partial charge in [-0.1, -0.05) is 12.1 Å². The Morgan fingerprint density at radius 3 is 2.06 bits per heavy atom. The zero-order valence-corrected chi connectivity index (χ0v) is 18.1. The van der Waals surface area contributed by atoms with Crippen LogP contribution in [0.5, 0.6) is 0 Å². The Bertz CT molecular complexity index is 816. The fraction of sp³-hybridized carbons (Fsp3) is 0.667. The van der Waals surface area contributed by atoms with Gasteiger partial charge in [-0.2, -0.15) is 26.3 Å². The van der Waals surface area contributed by atoms with Crippen LogP contribution in [0.3, 0.4) is 0 Å². The molecule has 1 amide bonds. The van der Waals surface area contributed by atoms with Crippen molar-refractivity contribution in [1.82, 2.24) is 9.80 Å². The molecule has 0 spiro atoms. The second kappa shape index (κ2) is 9.94. The summed E-state index contributed by atoms with van der Waals surface area (Å²) in [4.78, 5) is 16.7. The van der Waals surface area contributed by atoms with Gasteiger partial charge >= 0.3 is 18.4 Å². The number of carbonyl (C=O) groups is 1. The number of ether oxygens (including phenoxy) is 1. The van der Waals surface area contributed by atoms with Gasteiger partial charge in [-0.15, -0.1) is 0 Å². The molecule has 5 nitrogen and oxygen atoms in total. The molecule has 0 atom stereocenters. The van der Waals surface area contributed by atoms with Gasteiger partial charge in [0.2, 0.25) is 0 Å². The van der Waals surface area contributed by atoms with Crippen molar-refractivity contribution in [2.45, 2.75) is 51.2 Å². The first kappa shape index (κ1) is 25.4. The maximum Gasteiger partial charge on any atom is 0.434 e. The second-order valence-electron chi connectivity index (χ2n) is 8.36. The Hall–Kier alpha value is -2.24. The summed E-state index contributed by atoms with van der Waals surface area (Å²) >= 11 is 0. The lowest BCUT2D eigenvalue weighted by Crippen LogP contribution is -2.52. The van der Waals surface area contributed by atoms with Gasteiger partial charge in [-0.3, -0.25) is 4.90 Å². The Kier molecular flexibility index (Phi) is 7.65. The maximum absolute atomic E-state index is 15.0. The fourth-order valence-corrected chi connectivity index (χ4v) is 4.12. The Balaban J connectivity index is 1.63. The van der Waals surface area contributed by atoms with Crippen molar-refractivity contribution in [1.29, 1.82) is 0 Å². The molecule has 3 rings (SSSR count). The first-order chi connectivity index (χ1) is 15.4. The first-order valence-electron chi connectivity index (χ1n) is 10.7. The third-order valence-electron chi connectivity index (χ3n) is 5.90. The van der Waals surface area contributed by atoms with Gasteiger partial charge in [-0.05, 0) is 37.3 Å². The number of rotatable bonds is 4. The van der Waals surface area contributed by atoms with E-state index >= 15 is 0 Å². The molecule has 2 aliphatic heterocycles. The third kappa shape index (κ3) is 6.21. The molecule has 0 saturated carbocycles. The molecule has 0 N–H and O–H groups in total. The summed E-state index contributed by atoms with van der Waals surface area (Å²) in [5.41, 5.74) is 1.82. The van der Waals surface area contributed by atoms with Crippen molar-refractivity contribution in [3.8, 4) is 0 Å². The standard InChI is InChI=1S/C21H26F7N3O2/c1-14-5-6-15(17(16(14)22)30-7-3-2-4-8-30)13-29-9-11-31(12-10-29)19(32)33-18(20(23,24)25)21(26,27)28/h5-6,18H,2-4,7-13H2,1H3. The predicted octanol–water partition coefficient (Wildman–Crippen LogP) is 4.87. The van der Waals surface area contributed by atoms with Crippen LogP contribution in [0.4, 0.5) is 41.2 Å². The van der Waals surface area contributed by atoms with E-state index in [1.807, 2.05) is 15.9 Å². The van der Waals surface area contributed by atoms with Crippen molar-refractivity contribution in [2.75, 3.05) is 44.2 Å². The largest absolute Gasteiger partial charge is 0.434 e. The van der Waals surface area contributed by atoms with Crippen molar-refractivity contribution in [2.24, 2.45) is 0 Å². The number of hydrogen-bond donors (Lipinski definition) is 0. The zero-order valence-electron chi connectivity index (χ0n) is 18.1. The number of anilines is 1. The number of aryl methyl sites for hydroxylation is 1. The van der Waals surface area contributed by atoms with Gasteiger partial charge in [0, 0.05) is 45.8 Å². The summed E-state index contributed by atoms with van der Waals surface area (Å²) in [6.45, 7) is 3.72. The quantitative estimate of drug-likeness (QED) is 0.571. The lowest BCUT2D eigenvalue weighted by molar-refractivity contribution is -0.308. The first-order valence-corrected chi connectivity index (χ1v) is 10.7. The van der Waals surface area contributed by atoms with E-state index in [2.05, 4.69) is 4.74 Å². The molecule has 0 unspecified atom stereocenters. The average molecular weight is 485 g/mol. The molecule has 0 bridgehead atoms. The zero-order chi connectivity index (χ0) is 24.4. The summed E-state index contributed by atoms with van der Waals surface area (Å²) in [7, 11) is 0. The lowest BCUT2D eigenvalue weighted by atomic mass is 10.0. The van der Waals surface area contributed by atoms with Crippen molar-refractivity contribution in [3.05, 3.63) is 29.1 Å². The Labute approximate surface area is 187 Å². The predicted molar refractivity (Wildman–Crippen MR) is 106 cm³/mol. The number of nitrogens with zero attached hydrogens (tertiary/aromatic N) is 3. The molecule has 0 aliphatic carbocycles. The second-order valence-corrected chi connectivity index (χ2v) is 8.36. The number of alkyl halides is 6. The molecule has 2 heterocycles. The summed E-state index contributed by atoms with van der Waals surface area (Å²) < 4.78 is 94.6. The number of benzene rings is 1. The summed E-state index contributed by atoms with van der Waals surface area (Å²) in [5.74, 6) is -0.290. The fourth-order valence-electron chi connectivity index (χ4n) is 4.12. The van der Waals surface area contributed by atoms with Crippen LogP contribution < -0.4 is 4.90 Å². The molecule has 1 aromatic rings. The number of piperidine rings is 1. The molecule has 2 fully saturated rings. The van der Waals surface area contributed by atoms with Gasteiger partial charge in [0.1, 0.15) is 5.82 Å². The van der Waals surface area contributed by atoms with Gasteiger partial charge in [-0.25, -0.2) is 9.18 Å². The monoisotopic (exact) mass is 485 g/mol. The Morgan fingerprint density at radius 1 is 0.939 bits per heavy atom. The molecule has 2 aliphatic rings. The third-order valence-corrected chi connectivity index (χ3v) is 5.90. The molecule has 33 heavy (non-hydrogen) atoms. The van der Waals surface area contributed by atoms with E-state index in [1.54, 1.807) is 13.0 Å². The van der Waals surface area contributed by atoms with Gasteiger partial charge in [0.15, 0.2) is 0 Å². The Morgan fingerprint density at radius 2 is 1.52 bits per heavy atom. The highest BCUT2D eigenvalue weighted by Gasteiger charge is 2.60. The summed E-state index contributed by atoms with van der Waals surface area (Å²) in [6.07, 6.45) is -14.3. The normalized spacial score (nSPS) is 18.7. The molecule has 2 saturated heterocycles. The average Bonchev–Trinajstić information content (AvgIpc) is 2.74. The topological polar surface area (TPSA) is 36.0 Å². The van der Waals surface area contributed by atoms with Crippen molar-refractivity contribution < 1.29 is 40.3 Å². The van der Waals surface area contributed by atoms with E-state index < -0.39 is 24.5 Å². The van der Waals surface area contributed by atoms with Crippen molar-refractivity contribution in [3.63, 3.8) is 0 Å². The number of hydrogen-bond acceptors (Lipinski definition) is 4. The van der Waals surface area contributed by atoms with Crippen molar-refractivity contribution >= 4 is 11.8 Å². The van der Waals surface area contributed by atoms with Crippen LogP contribution in [0.15, 0.2) is 12.1 Å². The molecular formula is C21H26F7N3O2. The van der Waals surface area contributed by atoms with Crippen LogP contribution in [0, 0.1) is 12.7 Å².